The molecule has 0 atom stereocenters. The molecule has 0 fully saturated rings. The second kappa shape index (κ2) is 5.33. The summed E-state index contributed by atoms with van der Waals surface area (Å²) in [7, 11) is 0. The van der Waals surface area contributed by atoms with E-state index in [-0.39, 0.29) is 10.8 Å². The van der Waals surface area contributed by atoms with Crippen LogP contribution in [0.25, 0.3) is 0 Å². The van der Waals surface area contributed by atoms with Gasteiger partial charge in [0.2, 0.25) is 0 Å². The van der Waals surface area contributed by atoms with Crippen LogP contribution >= 0.6 is 23.8 Å². The number of thiocarbonyl (C=S) groups is 1. The number of hydrogen-bond acceptors (Lipinski definition) is 2. The number of rotatable bonds is 3. The summed E-state index contributed by atoms with van der Waals surface area (Å²) < 4.78 is 18.6. The van der Waals surface area contributed by atoms with Crippen LogP contribution in [0.5, 0.6) is 11.5 Å². The fourth-order valence-corrected chi connectivity index (χ4v) is 1.77. The van der Waals surface area contributed by atoms with Gasteiger partial charge in [0.05, 0.1) is 5.56 Å². The van der Waals surface area contributed by atoms with Crippen LogP contribution in [-0.2, 0) is 0 Å². The fraction of sp³-hybridized carbons (Fsp3) is 0. The molecule has 0 amide bonds. The SMILES string of the molecule is NC(=S)c1cc(Cl)ccc1Oc1cccc(F)c1. The van der Waals surface area contributed by atoms with Crippen LogP contribution in [0.15, 0.2) is 42.5 Å². The van der Waals surface area contributed by atoms with Gasteiger partial charge in [-0.15, -0.1) is 0 Å². The topological polar surface area (TPSA) is 35.2 Å². The fourth-order valence-electron chi connectivity index (χ4n) is 1.44. The van der Waals surface area contributed by atoms with Crippen LogP contribution in [0.4, 0.5) is 4.39 Å². The van der Waals surface area contributed by atoms with E-state index < -0.39 is 0 Å². The van der Waals surface area contributed by atoms with Crippen molar-refractivity contribution in [1.82, 2.24) is 0 Å². The first kappa shape index (κ1) is 12.8. The van der Waals surface area contributed by atoms with Crippen molar-refractivity contribution < 1.29 is 9.13 Å². The van der Waals surface area contributed by atoms with E-state index in [4.69, 9.17) is 34.3 Å². The standard InChI is InChI=1S/C13H9ClFNOS/c14-8-4-5-12(11(6-8)13(16)18)17-10-3-1-2-9(15)7-10/h1-7H,(H2,16,18). The van der Waals surface area contributed by atoms with Gasteiger partial charge in [-0.2, -0.15) is 0 Å². The summed E-state index contributed by atoms with van der Waals surface area (Å²) in [5.74, 6) is 0.436. The van der Waals surface area contributed by atoms with E-state index >= 15 is 0 Å². The first-order valence-corrected chi connectivity index (χ1v) is 5.87. The minimum atomic E-state index is -0.377. The van der Waals surface area contributed by atoms with E-state index in [1.807, 2.05) is 0 Å². The Morgan fingerprint density at radius 3 is 2.67 bits per heavy atom. The number of halogens is 2. The monoisotopic (exact) mass is 281 g/mol. The van der Waals surface area contributed by atoms with Crippen molar-refractivity contribution in [3.8, 4) is 11.5 Å². The van der Waals surface area contributed by atoms with Gasteiger partial charge in [-0.1, -0.05) is 29.9 Å². The maximum absolute atomic E-state index is 13.0. The lowest BCUT2D eigenvalue weighted by Gasteiger charge is -2.10. The zero-order valence-electron chi connectivity index (χ0n) is 9.19. The van der Waals surface area contributed by atoms with Gasteiger partial charge in [0.25, 0.3) is 0 Å². The van der Waals surface area contributed by atoms with Crippen LogP contribution in [0.3, 0.4) is 0 Å². The summed E-state index contributed by atoms with van der Waals surface area (Å²) in [5, 5.41) is 0.504. The Balaban J connectivity index is 2.37. The third-order valence-corrected chi connectivity index (χ3v) is 2.69. The highest BCUT2D eigenvalue weighted by Crippen LogP contribution is 2.28. The predicted octanol–water partition coefficient (Wildman–Crippen LogP) is 3.91. The van der Waals surface area contributed by atoms with Crippen molar-refractivity contribution in [3.63, 3.8) is 0 Å². The van der Waals surface area contributed by atoms with Crippen molar-refractivity contribution in [1.29, 1.82) is 0 Å². The third-order valence-electron chi connectivity index (χ3n) is 2.23. The molecule has 0 aliphatic heterocycles. The molecule has 2 N–H and O–H groups in total. The third kappa shape index (κ3) is 2.97. The predicted molar refractivity (Wildman–Crippen MR) is 73.8 cm³/mol. The van der Waals surface area contributed by atoms with Gasteiger partial charge in [-0.25, -0.2) is 4.39 Å². The normalized spacial score (nSPS) is 10.1. The van der Waals surface area contributed by atoms with Crippen molar-refractivity contribution in [3.05, 3.63) is 58.9 Å². The molecule has 18 heavy (non-hydrogen) atoms. The highest BCUT2D eigenvalue weighted by atomic mass is 35.5. The Morgan fingerprint density at radius 2 is 2.00 bits per heavy atom. The quantitative estimate of drug-likeness (QED) is 0.867. The first-order valence-electron chi connectivity index (χ1n) is 5.09. The zero-order valence-corrected chi connectivity index (χ0v) is 10.8. The molecule has 2 rings (SSSR count). The molecule has 2 aromatic carbocycles. The lowest BCUT2D eigenvalue weighted by atomic mass is 10.2. The Hall–Kier alpha value is -1.65. The minimum absolute atomic E-state index is 0.170. The van der Waals surface area contributed by atoms with Crippen molar-refractivity contribution >= 4 is 28.8 Å². The van der Waals surface area contributed by atoms with Crippen LogP contribution < -0.4 is 10.5 Å². The van der Waals surface area contributed by atoms with Gasteiger partial charge in [0.15, 0.2) is 0 Å². The van der Waals surface area contributed by atoms with Gasteiger partial charge < -0.3 is 10.5 Å². The molecule has 0 saturated heterocycles. The second-order valence-corrected chi connectivity index (χ2v) is 4.44. The molecule has 0 aliphatic rings. The maximum atomic E-state index is 13.0. The molecule has 0 radical (unpaired) electrons. The molecule has 92 valence electrons. The van der Waals surface area contributed by atoms with Crippen molar-refractivity contribution in [2.24, 2.45) is 5.73 Å². The average molecular weight is 282 g/mol. The van der Waals surface area contributed by atoms with Crippen molar-refractivity contribution in [2.45, 2.75) is 0 Å². The second-order valence-electron chi connectivity index (χ2n) is 3.56. The highest BCUT2D eigenvalue weighted by molar-refractivity contribution is 7.80. The molecular weight excluding hydrogens is 273 g/mol. The van der Waals surface area contributed by atoms with Gasteiger partial charge in [-0.3, -0.25) is 0 Å². The van der Waals surface area contributed by atoms with E-state index in [0.29, 0.717) is 22.1 Å². The zero-order chi connectivity index (χ0) is 13.1. The lowest BCUT2D eigenvalue weighted by Crippen LogP contribution is -2.10. The molecular formula is C13H9ClFNOS. The molecule has 0 unspecified atom stereocenters. The summed E-state index contributed by atoms with van der Waals surface area (Å²) in [4.78, 5) is 0.170. The number of ether oxygens (including phenoxy) is 1. The Kier molecular flexibility index (Phi) is 3.79. The Labute approximate surface area is 114 Å². The van der Waals surface area contributed by atoms with Crippen LogP contribution in [0, 0.1) is 5.82 Å². The Bertz CT molecular complexity index is 603. The summed E-state index contributed by atoms with van der Waals surface area (Å²) in [6.07, 6.45) is 0. The molecule has 0 aromatic heterocycles. The molecule has 5 heteroatoms. The number of hydrogen-bond donors (Lipinski definition) is 1. The van der Waals surface area contributed by atoms with Crippen LogP contribution in [0.2, 0.25) is 5.02 Å². The number of nitrogens with two attached hydrogens (primary N) is 1. The molecule has 0 aliphatic carbocycles. The summed E-state index contributed by atoms with van der Waals surface area (Å²) in [6, 6.07) is 10.7. The van der Waals surface area contributed by atoms with Crippen LogP contribution in [0.1, 0.15) is 5.56 Å². The first-order chi connectivity index (χ1) is 8.56. The van der Waals surface area contributed by atoms with Crippen LogP contribution in [-0.4, -0.2) is 4.99 Å². The maximum Gasteiger partial charge on any atom is 0.137 e. The molecule has 0 spiro atoms. The van der Waals surface area contributed by atoms with Crippen molar-refractivity contribution in [2.75, 3.05) is 0 Å². The minimum Gasteiger partial charge on any atom is -0.457 e. The van der Waals surface area contributed by atoms with E-state index in [9.17, 15) is 4.39 Å². The lowest BCUT2D eigenvalue weighted by molar-refractivity contribution is 0.476. The van der Waals surface area contributed by atoms with Gasteiger partial charge in [-0.05, 0) is 30.3 Å². The summed E-state index contributed by atoms with van der Waals surface area (Å²) in [5.41, 5.74) is 6.10. The average Bonchev–Trinajstić information content (AvgIpc) is 2.31. The summed E-state index contributed by atoms with van der Waals surface area (Å²) >= 11 is 10.8. The van der Waals surface area contributed by atoms with E-state index in [1.54, 1.807) is 30.3 Å². The molecule has 2 nitrogen and oxygen atoms in total. The van der Waals surface area contributed by atoms with Gasteiger partial charge in [0, 0.05) is 11.1 Å². The van der Waals surface area contributed by atoms with E-state index in [2.05, 4.69) is 0 Å². The molecule has 0 bridgehead atoms. The highest BCUT2D eigenvalue weighted by Gasteiger charge is 2.08. The van der Waals surface area contributed by atoms with Gasteiger partial charge in [0.1, 0.15) is 22.3 Å². The van der Waals surface area contributed by atoms with E-state index in [1.165, 1.54) is 12.1 Å². The van der Waals surface area contributed by atoms with E-state index in [0.717, 1.165) is 0 Å². The summed E-state index contributed by atoms with van der Waals surface area (Å²) in [6.45, 7) is 0. The smallest absolute Gasteiger partial charge is 0.137 e. The Morgan fingerprint density at radius 1 is 1.22 bits per heavy atom. The number of benzene rings is 2. The van der Waals surface area contributed by atoms with Gasteiger partial charge >= 0.3 is 0 Å². The molecule has 0 saturated carbocycles. The molecule has 2 aromatic rings. The molecule has 0 heterocycles. The largest absolute Gasteiger partial charge is 0.457 e.